The number of sulfonamides is 1. The number of amides is 1. The molecule has 2 aromatic carbocycles. The number of carbonyl (C=O) groups excluding carboxylic acids is 1. The minimum atomic E-state index is -4.05. The fourth-order valence-corrected chi connectivity index (χ4v) is 4.01. The van der Waals surface area contributed by atoms with E-state index in [0.717, 1.165) is 6.07 Å². The van der Waals surface area contributed by atoms with Gasteiger partial charge in [0.25, 0.3) is 21.6 Å². The number of aryl methyl sites for hydroxylation is 1. The molecular weight excluding hydrogens is 308 g/mol. The van der Waals surface area contributed by atoms with Gasteiger partial charge in [-0.3, -0.25) is 14.9 Å². The summed E-state index contributed by atoms with van der Waals surface area (Å²) in [6.07, 6.45) is 0. The number of benzene rings is 2. The maximum Gasteiger partial charge on any atom is 0.273 e. The standard InChI is InChI=1S/C14H10N2O5S/c1-9-6-7-10(16(18)19)8-12(9)15-14(17)11-4-2-3-5-13(11)22(15,20)21/h2-8H,1H3. The summed E-state index contributed by atoms with van der Waals surface area (Å²) in [4.78, 5) is 22.6. The van der Waals surface area contributed by atoms with E-state index in [9.17, 15) is 23.3 Å². The van der Waals surface area contributed by atoms with Gasteiger partial charge in [0.1, 0.15) is 4.90 Å². The van der Waals surface area contributed by atoms with Crippen molar-refractivity contribution >= 4 is 27.3 Å². The molecule has 0 saturated heterocycles. The summed E-state index contributed by atoms with van der Waals surface area (Å²) in [5.41, 5.74) is 0.235. The lowest BCUT2D eigenvalue weighted by molar-refractivity contribution is -0.384. The van der Waals surface area contributed by atoms with Crippen molar-refractivity contribution in [2.45, 2.75) is 11.8 Å². The highest BCUT2D eigenvalue weighted by atomic mass is 32.2. The number of hydrogen-bond acceptors (Lipinski definition) is 5. The topological polar surface area (TPSA) is 97.6 Å². The Balaban J connectivity index is 2.25. The van der Waals surface area contributed by atoms with Gasteiger partial charge < -0.3 is 0 Å². The average molecular weight is 318 g/mol. The highest BCUT2D eigenvalue weighted by molar-refractivity contribution is 7.94. The Morgan fingerprint density at radius 3 is 2.45 bits per heavy atom. The highest BCUT2D eigenvalue weighted by Gasteiger charge is 2.42. The minimum Gasteiger partial charge on any atom is -0.268 e. The molecule has 0 aliphatic carbocycles. The van der Waals surface area contributed by atoms with Gasteiger partial charge in [0.05, 0.1) is 16.2 Å². The van der Waals surface area contributed by atoms with Crippen LogP contribution in [0.4, 0.5) is 11.4 Å². The number of nitro benzene ring substituents is 1. The van der Waals surface area contributed by atoms with Gasteiger partial charge in [-0.1, -0.05) is 18.2 Å². The van der Waals surface area contributed by atoms with Crippen molar-refractivity contribution in [3.63, 3.8) is 0 Å². The van der Waals surface area contributed by atoms with Crippen molar-refractivity contribution < 1.29 is 18.1 Å². The molecule has 1 heterocycles. The van der Waals surface area contributed by atoms with E-state index in [2.05, 4.69) is 0 Å². The van der Waals surface area contributed by atoms with E-state index >= 15 is 0 Å². The summed E-state index contributed by atoms with van der Waals surface area (Å²) in [7, 11) is -4.05. The maximum absolute atomic E-state index is 12.6. The van der Waals surface area contributed by atoms with E-state index in [0.29, 0.717) is 9.87 Å². The summed E-state index contributed by atoms with van der Waals surface area (Å²) < 4.78 is 25.8. The van der Waals surface area contributed by atoms with Gasteiger partial charge in [0.2, 0.25) is 0 Å². The molecule has 0 fully saturated rings. The molecule has 0 unspecified atom stereocenters. The number of non-ortho nitro benzene ring substituents is 1. The van der Waals surface area contributed by atoms with E-state index in [1.165, 1.54) is 30.3 Å². The summed E-state index contributed by atoms with van der Waals surface area (Å²) in [5.74, 6) is -0.709. The molecule has 22 heavy (non-hydrogen) atoms. The van der Waals surface area contributed by atoms with Crippen molar-refractivity contribution in [3.05, 3.63) is 63.7 Å². The van der Waals surface area contributed by atoms with Crippen LogP contribution in [0.5, 0.6) is 0 Å². The molecule has 0 radical (unpaired) electrons. The molecule has 3 rings (SSSR count). The van der Waals surface area contributed by atoms with Gasteiger partial charge in [-0.15, -0.1) is 0 Å². The number of nitro groups is 1. The highest BCUT2D eigenvalue weighted by Crippen LogP contribution is 2.37. The third kappa shape index (κ3) is 1.88. The van der Waals surface area contributed by atoms with Crippen LogP contribution in [0.15, 0.2) is 47.4 Å². The van der Waals surface area contributed by atoms with Crippen LogP contribution >= 0.6 is 0 Å². The molecule has 2 aromatic rings. The van der Waals surface area contributed by atoms with Gasteiger partial charge >= 0.3 is 0 Å². The lowest BCUT2D eigenvalue weighted by atomic mass is 10.1. The number of nitrogens with zero attached hydrogens (tertiary/aromatic N) is 2. The van der Waals surface area contributed by atoms with Crippen molar-refractivity contribution in [1.29, 1.82) is 0 Å². The monoisotopic (exact) mass is 318 g/mol. The Kier molecular flexibility index (Phi) is 2.99. The Morgan fingerprint density at radius 1 is 1.14 bits per heavy atom. The van der Waals surface area contributed by atoms with Gasteiger partial charge in [0, 0.05) is 12.1 Å². The molecule has 7 nitrogen and oxygen atoms in total. The van der Waals surface area contributed by atoms with Gasteiger partial charge in [-0.05, 0) is 24.6 Å². The summed E-state index contributed by atoms with van der Waals surface area (Å²) in [6.45, 7) is 1.59. The summed E-state index contributed by atoms with van der Waals surface area (Å²) in [5, 5.41) is 10.9. The summed E-state index contributed by atoms with van der Waals surface area (Å²) >= 11 is 0. The molecule has 0 aromatic heterocycles. The Bertz CT molecular complexity index is 921. The first-order valence-electron chi connectivity index (χ1n) is 6.28. The van der Waals surface area contributed by atoms with E-state index in [4.69, 9.17) is 0 Å². The molecule has 0 atom stereocenters. The molecule has 1 aliphatic heterocycles. The number of carbonyl (C=O) groups is 1. The normalized spacial score (nSPS) is 15.7. The number of rotatable bonds is 2. The molecule has 1 aliphatic rings. The van der Waals surface area contributed by atoms with E-state index in [-0.39, 0.29) is 21.8 Å². The minimum absolute atomic E-state index is 0.00426. The number of fused-ring (bicyclic) bond motifs is 1. The zero-order valence-corrected chi connectivity index (χ0v) is 12.2. The van der Waals surface area contributed by atoms with Crippen LogP contribution in [0.3, 0.4) is 0 Å². The molecule has 112 valence electrons. The lowest BCUT2D eigenvalue weighted by Gasteiger charge is -2.17. The van der Waals surface area contributed by atoms with Crippen LogP contribution in [0.1, 0.15) is 15.9 Å². The predicted octanol–water partition coefficient (Wildman–Crippen LogP) is 2.25. The molecule has 0 bridgehead atoms. The Labute approximate surface area is 126 Å². The lowest BCUT2D eigenvalue weighted by Crippen LogP contribution is -2.30. The van der Waals surface area contributed by atoms with Gasteiger partial charge in [-0.25, -0.2) is 8.42 Å². The smallest absolute Gasteiger partial charge is 0.268 e. The van der Waals surface area contributed by atoms with Crippen LogP contribution < -0.4 is 4.31 Å². The zero-order chi connectivity index (χ0) is 16.1. The quantitative estimate of drug-likeness (QED) is 0.625. The molecule has 8 heteroatoms. The molecule has 1 amide bonds. The predicted molar refractivity (Wildman–Crippen MR) is 78.3 cm³/mol. The van der Waals surface area contributed by atoms with E-state index in [1.54, 1.807) is 13.0 Å². The van der Waals surface area contributed by atoms with Crippen molar-refractivity contribution in [2.75, 3.05) is 4.31 Å². The van der Waals surface area contributed by atoms with Crippen molar-refractivity contribution in [2.24, 2.45) is 0 Å². The molecule has 0 spiro atoms. The average Bonchev–Trinajstić information content (AvgIpc) is 2.68. The Hall–Kier alpha value is -2.74. The fourth-order valence-electron chi connectivity index (χ4n) is 2.35. The van der Waals surface area contributed by atoms with Crippen LogP contribution in [-0.4, -0.2) is 19.2 Å². The molecule has 0 N–H and O–H groups in total. The second kappa shape index (κ2) is 4.63. The molecule has 0 saturated carbocycles. The van der Waals surface area contributed by atoms with Crippen molar-refractivity contribution in [1.82, 2.24) is 0 Å². The zero-order valence-electron chi connectivity index (χ0n) is 11.4. The van der Waals surface area contributed by atoms with Crippen LogP contribution in [0.25, 0.3) is 0 Å². The number of anilines is 1. The first-order chi connectivity index (χ1) is 10.3. The SMILES string of the molecule is Cc1ccc([N+](=O)[O-])cc1N1C(=O)c2ccccc2S1(=O)=O. The van der Waals surface area contributed by atoms with E-state index in [1.807, 2.05) is 0 Å². The number of hydrogen-bond donors (Lipinski definition) is 0. The van der Waals surface area contributed by atoms with Gasteiger partial charge in [-0.2, -0.15) is 4.31 Å². The first kappa shape index (κ1) is 14.2. The van der Waals surface area contributed by atoms with Crippen molar-refractivity contribution in [3.8, 4) is 0 Å². The largest absolute Gasteiger partial charge is 0.273 e. The third-order valence-corrected chi connectivity index (χ3v) is 5.20. The first-order valence-corrected chi connectivity index (χ1v) is 7.72. The van der Waals surface area contributed by atoms with Gasteiger partial charge in [0.15, 0.2) is 0 Å². The maximum atomic E-state index is 12.6. The second-order valence-corrected chi connectivity index (χ2v) is 6.55. The Morgan fingerprint density at radius 2 is 1.82 bits per heavy atom. The molecular formula is C14H10N2O5S. The van der Waals surface area contributed by atoms with Crippen LogP contribution in [0, 0.1) is 17.0 Å². The van der Waals surface area contributed by atoms with E-state index < -0.39 is 20.9 Å². The van der Waals surface area contributed by atoms with Crippen LogP contribution in [-0.2, 0) is 10.0 Å². The second-order valence-electron chi connectivity index (χ2n) is 4.80. The third-order valence-electron chi connectivity index (χ3n) is 3.44. The fraction of sp³-hybridized carbons (Fsp3) is 0.0714. The summed E-state index contributed by atoms with van der Waals surface area (Å²) in [6, 6.07) is 9.62. The van der Waals surface area contributed by atoms with Crippen LogP contribution in [0.2, 0.25) is 0 Å².